The molecular formula is C5H3ClN2O2S. The third-order valence-corrected chi connectivity index (χ3v) is 2.47. The van der Waals surface area contributed by atoms with Crippen LogP contribution in [-0.4, -0.2) is 20.9 Å². The maximum absolute atomic E-state index is 10.3. The van der Waals surface area contributed by atoms with E-state index >= 15 is 0 Å². The van der Waals surface area contributed by atoms with E-state index in [1.54, 1.807) is 6.19 Å². The monoisotopic (exact) mass is 190 g/mol. The Labute approximate surface area is 72.2 Å². The van der Waals surface area contributed by atoms with Crippen molar-refractivity contribution in [1.82, 2.24) is 4.31 Å². The molecular weight excluding hydrogens is 188 g/mol. The van der Waals surface area contributed by atoms with Crippen LogP contribution in [0.5, 0.6) is 0 Å². The molecule has 0 saturated carbocycles. The first kappa shape index (κ1) is 8.24. The largest absolute Gasteiger partial charge is 0.477 e. The summed E-state index contributed by atoms with van der Waals surface area (Å²) in [7, 11) is 0. The van der Waals surface area contributed by atoms with Crippen LogP contribution < -0.4 is 0 Å². The van der Waals surface area contributed by atoms with E-state index in [4.69, 9.17) is 22.0 Å². The second-order valence-corrected chi connectivity index (χ2v) is 3.19. The number of carboxylic acid groups (broad SMARTS) is 1. The summed E-state index contributed by atoms with van der Waals surface area (Å²) >= 11 is 6.39. The fraction of sp³-hybridized carbons (Fsp3) is 0.200. The second kappa shape index (κ2) is 3.03. The summed E-state index contributed by atoms with van der Waals surface area (Å²) in [6, 6.07) is 0. The molecule has 1 heterocycles. The summed E-state index contributed by atoms with van der Waals surface area (Å²) in [5.41, 5.74) is -0.643. The van der Waals surface area contributed by atoms with Gasteiger partial charge in [-0.1, -0.05) is 11.6 Å². The lowest BCUT2D eigenvalue weighted by Crippen LogP contribution is -2.11. The fourth-order valence-corrected chi connectivity index (χ4v) is 1.61. The number of hydrogen-bond donors (Lipinski definition) is 1. The molecule has 0 spiro atoms. The number of nitrogens with zero attached hydrogens (tertiary/aromatic N) is 2. The number of aliphatic carboxylic acids is 1. The molecule has 1 unspecified atom stereocenters. The van der Waals surface area contributed by atoms with Gasteiger partial charge >= 0.3 is 5.97 Å². The summed E-state index contributed by atoms with van der Waals surface area (Å²) < 4.78 is 1.10. The summed E-state index contributed by atoms with van der Waals surface area (Å²) in [4.78, 5) is 10.4. The van der Waals surface area contributed by atoms with Crippen molar-refractivity contribution in [2.24, 2.45) is 0 Å². The van der Waals surface area contributed by atoms with Crippen molar-refractivity contribution in [3.05, 3.63) is 11.0 Å². The standard InChI is InChI=1S/C5H3ClN2O2S/c6-4-1-3(5(9)10)11-8(4)2-7/h1,4H,(H,9,10). The Morgan fingerprint density at radius 1 is 2.00 bits per heavy atom. The van der Waals surface area contributed by atoms with E-state index in [-0.39, 0.29) is 4.91 Å². The lowest BCUT2D eigenvalue weighted by Gasteiger charge is -2.07. The predicted octanol–water partition coefficient (Wildman–Crippen LogP) is 0.965. The zero-order chi connectivity index (χ0) is 8.43. The molecule has 6 heteroatoms. The Morgan fingerprint density at radius 2 is 2.64 bits per heavy atom. The zero-order valence-electron chi connectivity index (χ0n) is 5.19. The highest BCUT2D eigenvalue weighted by atomic mass is 35.5. The van der Waals surface area contributed by atoms with Crippen LogP contribution >= 0.6 is 23.5 Å². The van der Waals surface area contributed by atoms with E-state index < -0.39 is 11.5 Å². The number of carboxylic acids is 1. The van der Waals surface area contributed by atoms with E-state index in [2.05, 4.69) is 0 Å². The van der Waals surface area contributed by atoms with Crippen LogP contribution in [0.4, 0.5) is 0 Å². The molecule has 58 valence electrons. The molecule has 1 aliphatic rings. The highest BCUT2D eigenvalue weighted by molar-refractivity contribution is 8.02. The molecule has 0 radical (unpaired) electrons. The van der Waals surface area contributed by atoms with Gasteiger partial charge in [-0.15, -0.1) is 0 Å². The van der Waals surface area contributed by atoms with Crippen LogP contribution in [0.1, 0.15) is 0 Å². The molecule has 0 aromatic heterocycles. The van der Waals surface area contributed by atoms with Gasteiger partial charge in [0.2, 0.25) is 0 Å². The van der Waals surface area contributed by atoms with Gasteiger partial charge in [-0.2, -0.15) is 5.26 Å². The molecule has 1 rings (SSSR count). The van der Waals surface area contributed by atoms with Gasteiger partial charge in [0.15, 0.2) is 6.19 Å². The smallest absolute Gasteiger partial charge is 0.343 e. The van der Waals surface area contributed by atoms with E-state index in [9.17, 15) is 4.79 Å². The average molecular weight is 191 g/mol. The highest BCUT2D eigenvalue weighted by Crippen LogP contribution is 2.32. The molecule has 4 nitrogen and oxygen atoms in total. The van der Waals surface area contributed by atoms with Crippen LogP contribution in [0.25, 0.3) is 0 Å². The molecule has 1 atom stereocenters. The molecule has 0 amide bonds. The van der Waals surface area contributed by atoms with Crippen molar-refractivity contribution in [3.8, 4) is 6.19 Å². The molecule has 0 bridgehead atoms. The third-order valence-electron chi connectivity index (χ3n) is 1.02. The van der Waals surface area contributed by atoms with Gasteiger partial charge in [0, 0.05) is 11.9 Å². The number of carbonyl (C=O) groups is 1. The molecule has 1 aliphatic heterocycles. The molecule has 0 fully saturated rings. The van der Waals surface area contributed by atoms with Crippen molar-refractivity contribution in [2.75, 3.05) is 0 Å². The van der Waals surface area contributed by atoms with Crippen LogP contribution in [-0.2, 0) is 4.79 Å². The highest BCUT2D eigenvalue weighted by Gasteiger charge is 2.26. The van der Waals surface area contributed by atoms with Gasteiger partial charge in [-0.05, 0) is 6.08 Å². The van der Waals surface area contributed by atoms with Gasteiger partial charge in [0.1, 0.15) is 10.4 Å². The van der Waals surface area contributed by atoms with Crippen molar-refractivity contribution in [1.29, 1.82) is 5.26 Å². The number of hydrogen-bond acceptors (Lipinski definition) is 4. The molecule has 0 aromatic rings. The summed E-state index contributed by atoms with van der Waals surface area (Å²) in [6.45, 7) is 0. The first-order chi connectivity index (χ1) is 5.15. The van der Waals surface area contributed by atoms with Crippen molar-refractivity contribution in [2.45, 2.75) is 5.50 Å². The van der Waals surface area contributed by atoms with E-state index in [1.165, 1.54) is 6.08 Å². The molecule has 0 saturated heterocycles. The van der Waals surface area contributed by atoms with Crippen molar-refractivity contribution in [3.63, 3.8) is 0 Å². The zero-order valence-corrected chi connectivity index (χ0v) is 6.76. The molecule has 1 N–H and O–H groups in total. The van der Waals surface area contributed by atoms with E-state index in [0.29, 0.717) is 0 Å². The first-order valence-electron chi connectivity index (χ1n) is 2.61. The van der Waals surface area contributed by atoms with Crippen LogP contribution in [0.15, 0.2) is 11.0 Å². The Bertz CT molecular complexity index is 260. The van der Waals surface area contributed by atoms with Crippen LogP contribution in [0.3, 0.4) is 0 Å². The maximum atomic E-state index is 10.3. The van der Waals surface area contributed by atoms with Gasteiger partial charge in [0.25, 0.3) is 0 Å². The summed E-state index contributed by atoms with van der Waals surface area (Å²) in [5, 5.41) is 16.8. The molecule has 11 heavy (non-hydrogen) atoms. The van der Waals surface area contributed by atoms with Gasteiger partial charge < -0.3 is 5.11 Å². The average Bonchev–Trinajstić information content (AvgIpc) is 2.31. The summed E-state index contributed by atoms with van der Waals surface area (Å²) in [5.74, 6) is -1.06. The Hall–Kier alpha value is -0.860. The number of halogens is 1. The minimum Gasteiger partial charge on any atom is -0.477 e. The van der Waals surface area contributed by atoms with Crippen molar-refractivity contribution < 1.29 is 9.90 Å². The normalized spacial score (nSPS) is 22.7. The Kier molecular flexibility index (Phi) is 2.27. The minimum absolute atomic E-state index is 0.0894. The summed E-state index contributed by atoms with van der Waals surface area (Å²) in [6.07, 6.45) is 3.06. The van der Waals surface area contributed by atoms with Crippen LogP contribution in [0, 0.1) is 11.5 Å². The third kappa shape index (κ3) is 1.59. The van der Waals surface area contributed by atoms with E-state index in [1.807, 2.05) is 0 Å². The lowest BCUT2D eigenvalue weighted by atomic mass is 10.5. The fourth-order valence-electron chi connectivity index (χ4n) is 0.565. The molecule has 0 aliphatic carbocycles. The SMILES string of the molecule is N#CN1SC(C(=O)O)=CC1Cl. The number of alkyl halides is 1. The van der Waals surface area contributed by atoms with Crippen LogP contribution in [0.2, 0.25) is 0 Å². The second-order valence-electron chi connectivity index (χ2n) is 1.73. The first-order valence-corrected chi connectivity index (χ1v) is 3.82. The van der Waals surface area contributed by atoms with Gasteiger partial charge in [-0.25, -0.2) is 9.10 Å². The number of nitriles is 1. The quantitative estimate of drug-likeness (QED) is 0.289. The maximum Gasteiger partial charge on any atom is 0.343 e. The van der Waals surface area contributed by atoms with Gasteiger partial charge in [-0.3, -0.25) is 0 Å². The number of rotatable bonds is 1. The van der Waals surface area contributed by atoms with Gasteiger partial charge in [0.05, 0.1) is 0 Å². The predicted molar refractivity (Wildman–Crippen MR) is 40.4 cm³/mol. The minimum atomic E-state index is -1.06. The van der Waals surface area contributed by atoms with E-state index in [0.717, 1.165) is 16.3 Å². The van der Waals surface area contributed by atoms with Crippen molar-refractivity contribution >= 4 is 29.5 Å². The Balaban J connectivity index is 2.72. The molecule has 0 aromatic carbocycles. The lowest BCUT2D eigenvalue weighted by molar-refractivity contribution is -0.131. The topological polar surface area (TPSA) is 64.3 Å². The Morgan fingerprint density at radius 3 is 2.91 bits per heavy atom.